The van der Waals surface area contributed by atoms with Gasteiger partial charge in [0.1, 0.15) is 12.0 Å². The number of aromatic hydroxyl groups is 1. The number of oxazole rings is 1. The van der Waals surface area contributed by atoms with Crippen LogP contribution in [0.3, 0.4) is 0 Å². The number of aromatic nitrogens is 1. The highest BCUT2D eigenvalue weighted by atomic mass is 16.3. The van der Waals surface area contributed by atoms with Gasteiger partial charge in [0.15, 0.2) is 5.89 Å². The molecule has 0 saturated heterocycles. The normalized spacial score (nSPS) is 12.6. The molecule has 0 fully saturated rings. The molecule has 4 nitrogen and oxygen atoms in total. The molecule has 1 unspecified atom stereocenters. The minimum absolute atomic E-state index is 0.164. The fourth-order valence-corrected chi connectivity index (χ4v) is 1.58. The van der Waals surface area contributed by atoms with Crippen LogP contribution in [0.15, 0.2) is 34.9 Å². The standard InChI is InChI=1S/C13H16N2O2/c1-9(14-2)11-8-17-13(15-11)7-10-5-3-4-6-12(10)16/h3-6,8-9,14,16H,7H2,1-2H3. The quantitative estimate of drug-likeness (QED) is 0.848. The second-order valence-electron chi connectivity index (χ2n) is 3.98. The van der Waals surface area contributed by atoms with Crippen molar-refractivity contribution in [3.8, 4) is 5.75 Å². The fourth-order valence-electron chi connectivity index (χ4n) is 1.58. The molecule has 17 heavy (non-hydrogen) atoms. The lowest BCUT2D eigenvalue weighted by Crippen LogP contribution is -2.12. The third-order valence-electron chi connectivity index (χ3n) is 2.78. The van der Waals surface area contributed by atoms with Crippen molar-refractivity contribution in [1.29, 1.82) is 0 Å². The van der Waals surface area contributed by atoms with E-state index < -0.39 is 0 Å². The monoisotopic (exact) mass is 232 g/mol. The van der Waals surface area contributed by atoms with Crippen LogP contribution in [-0.4, -0.2) is 17.1 Å². The first-order valence-electron chi connectivity index (χ1n) is 5.59. The summed E-state index contributed by atoms with van der Waals surface area (Å²) in [7, 11) is 1.88. The Balaban J connectivity index is 2.14. The Morgan fingerprint density at radius 3 is 2.88 bits per heavy atom. The van der Waals surface area contributed by atoms with E-state index in [0.717, 1.165) is 11.3 Å². The van der Waals surface area contributed by atoms with E-state index in [-0.39, 0.29) is 11.8 Å². The molecule has 0 radical (unpaired) electrons. The molecule has 1 aromatic heterocycles. The Morgan fingerprint density at radius 2 is 2.18 bits per heavy atom. The number of rotatable bonds is 4. The van der Waals surface area contributed by atoms with Crippen LogP contribution in [0.5, 0.6) is 5.75 Å². The van der Waals surface area contributed by atoms with Crippen molar-refractivity contribution >= 4 is 0 Å². The van der Waals surface area contributed by atoms with Gasteiger partial charge >= 0.3 is 0 Å². The number of nitrogens with zero attached hydrogens (tertiary/aromatic N) is 1. The Bertz CT molecular complexity index is 494. The van der Waals surface area contributed by atoms with Crippen molar-refractivity contribution < 1.29 is 9.52 Å². The van der Waals surface area contributed by atoms with Crippen molar-refractivity contribution in [1.82, 2.24) is 10.3 Å². The van der Waals surface area contributed by atoms with Crippen molar-refractivity contribution in [2.24, 2.45) is 0 Å². The molecule has 0 aliphatic carbocycles. The van der Waals surface area contributed by atoms with Gasteiger partial charge in [-0.3, -0.25) is 0 Å². The number of hydrogen-bond acceptors (Lipinski definition) is 4. The molecule has 4 heteroatoms. The van der Waals surface area contributed by atoms with Crippen LogP contribution in [0, 0.1) is 0 Å². The van der Waals surface area contributed by atoms with Gasteiger partial charge < -0.3 is 14.8 Å². The number of hydrogen-bond donors (Lipinski definition) is 2. The highest BCUT2D eigenvalue weighted by molar-refractivity contribution is 5.33. The van der Waals surface area contributed by atoms with Crippen LogP contribution >= 0.6 is 0 Å². The van der Waals surface area contributed by atoms with E-state index in [1.807, 2.05) is 26.1 Å². The zero-order valence-corrected chi connectivity index (χ0v) is 9.97. The Kier molecular flexibility index (Phi) is 3.44. The lowest BCUT2D eigenvalue weighted by molar-refractivity contribution is 0.461. The third-order valence-corrected chi connectivity index (χ3v) is 2.78. The predicted octanol–water partition coefficient (Wildman–Crippen LogP) is 2.25. The van der Waals surface area contributed by atoms with Crippen LogP contribution in [-0.2, 0) is 6.42 Å². The molecule has 0 amide bonds. The average molecular weight is 232 g/mol. The summed E-state index contributed by atoms with van der Waals surface area (Å²) in [5, 5.41) is 12.8. The molecule has 90 valence electrons. The molecule has 0 saturated carbocycles. The summed E-state index contributed by atoms with van der Waals surface area (Å²) in [6.07, 6.45) is 2.15. The molecular weight excluding hydrogens is 216 g/mol. The molecule has 0 spiro atoms. The first-order chi connectivity index (χ1) is 8.20. The first kappa shape index (κ1) is 11.7. The zero-order chi connectivity index (χ0) is 12.3. The van der Waals surface area contributed by atoms with E-state index in [1.165, 1.54) is 0 Å². The Morgan fingerprint density at radius 1 is 1.41 bits per heavy atom. The lowest BCUT2D eigenvalue weighted by atomic mass is 10.1. The van der Waals surface area contributed by atoms with Gasteiger partial charge in [0.2, 0.25) is 0 Å². The molecule has 0 aliphatic heterocycles. The summed E-state index contributed by atoms with van der Waals surface area (Å²) in [6, 6.07) is 7.37. The summed E-state index contributed by atoms with van der Waals surface area (Å²) in [6.45, 7) is 2.02. The SMILES string of the molecule is CNC(C)c1coc(Cc2ccccc2O)n1. The Labute approximate surface area is 100 Å². The smallest absolute Gasteiger partial charge is 0.198 e. The summed E-state index contributed by atoms with van der Waals surface area (Å²) < 4.78 is 5.38. The number of benzene rings is 1. The van der Waals surface area contributed by atoms with Crippen LogP contribution in [0.25, 0.3) is 0 Å². The number of phenols is 1. The summed E-state index contributed by atoms with van der Waals surface area (Å²) >= 11 is 0. The maximum atomic E-state index is 9.65. The summed E-state index contributed by atoms with van der Waals surface area (Å²) in [4.78, 5) is 4.38. The van der Waals surface area contributed by atoms with E-state index >= 15 is 0 Å². The van der Waals surface area contributed by atoms with Gasteiger partial charge in [-0.2, -0.15) is 0 Å². The maximum Gasteiger partial charge on any atom is 0.198 e. The van der Waals surface area contributed by atoms with Crippen molar-refractivity contribution in [3.05, 3.63) is 47.7 Å². The van der Waals surface area contributed by atoms with Crippen molar-refractivity contribution in [2.75, 3.05) is 7.05 Å². The average Bonchev–Trinajstić information content (AvgIpc) is 2.80. The van der Waals surface area contributed by atoms with Gasteiger partial charge in [0.05, 0.1) is 12.1 Å². The van der Waals surface area contributed by atoms with Gasteiger partial charge in [-0.25, -0.2) is 4.98 Å². The van der Waals surface area contributed by atoms with Crippen molar-refractivity contribution in [2.45, 2.75) is 19.4 Å². The van der Waals surface area contributed by atoms with Crippen molar-refractivity contribution in [3.63, 3.8) is 0 Å². The maximum absolute atomic E-state index is 9.65. The Hall–Kier alpha value is -1.81. The largest absolute Gasteiger partial charge is 0.508 e. The molecule has 2 N–H and O–H groups in total. The number of phenolic OH excluding ortho intramolecular Hbond substituents is 1. The number of nitrogens with one attached hydrogen (secondary N) is 1. The fraction of sp³-hybridized carbons (Fsp3) is 0.308. The molecule has 2 rings (SSSR count). The highest BCUT2D eigenvalue weighted by Gasteiger charge is 2.11. The van der Waals surface area contributed by atoms with E-state index in [4.69, 9.17) is 4.42 Å². The lowest BCUT2D eigenvalue weighted by Gasteiger charge is -2.03. The van der Waals surface area contributed by atoms with E-state index in [9.17, 15) is 5.11 Å². The van der Waals surface area contributed by atoms with Gasteiger partial charge in [0.25, 0.3) is 0 Å². The van der Waals surface area contributed by atoms with E-state index in [2.05, 4.69) is 10.3 Å². The van der Waals surface area contributed by atoms with Crippen LogP contribution in [0.1, 0.15) is 30.1 Å². The van der Waals surface area contributed by atoms with Gasteiger partial charge in [-0.05, 0) is 20.0 Å². The molecule has 0 aliphatic rings. The highest BCUT2D eigenvalue weighted by Crippen LogP contribution is 2.20. The summed E-state index contributed by atoms with van der Waals surface area (Å²) in [5.74, 6) is 0.887. The topological polar surface area (TPSA) is 58.3 Å². The number of para-hydroxylation sites is 1. The van der Waals surface area contributed by atoms with Gasteiger partial charge in [-0.15, -0.1) is 0 Å². The van der Waals surface area contributed by atoms with E-state index in [1.54, 1.807) is 18.4 Å². The predicted molar refractivity (Wildman–Crippen MR) is 64.9 cm³/mol. The minimum Gasteiger partial charge on any atom is -0.508 e. The van der Waals surface area contributed by atoms with Crippen LogP contribution < -0.4 is 5.32 Å². The third kappa shape index (κ3) is 2.65. The second kappa shape index (κ2) is 5.01. The van der Waals surface area contributed by atoms with Gasteiger partial charge in [-0.1, -0.05) is 18.2 Å². The first-order valence-corrected chi connectivity index (χ1v) is 5.59. The molecule has 1 aromatic carbocycles. The van der Waals surface area contributed by atoms with Crippen LogP contribution in [0.4, 0.5) is 0 Å². The molecule has 0 bridgehead atoms. The molecular formula is C13H16N2O2. The zero-order valence-electron chi connectivity index (χ0n) is 9.97. The molecule has 1 heterocycles. The van der Waals surface area contributed by atoms with Gasteiger partial charge in [0, 0.05) is 11.6 Å². The minimum atomic E-state index is 0.164. The molecule has 2 aromatic rings. The van der Waals surface area contributed by atoms with E-state index in [0.29, 0.717) is 12.3 Å². The molecule has 1 atom stereocenters. The summed E-state index contributed by atoms with van der Waals surface area (Å²) in [5.41, 5.74) is 1.69. The van der Waals surface area contributed by atoms with Crippen LogP contribution in [0.2, 0.25) is 0 Å². The second-order valence-corrected chi connectivity index (χ2v) is 3.98.